The highest BCUT2D eigenvalue weighted by atomic mass is 35.5. The van der Waals surface area contributed by atoms with Crippen LogP contribution in [0, 0.1) is 18.3 Å². The van der Waals surface area contributed by atoms with Crippen LogP contribution in [0.4, 0.5) is 5.69 Å². The number of benzene rings is 1. The molecule has 2 heterocycles. The SMILES string of the molecule is Cc1c(Cl)cccc1N1C(N)=C(C#N)[C@H](c2cccs2)C2=C1CCCC2=O. The summed E-state index contributed by atoms with van der Waals surface area (Å²) in [7, 11) is 0. The summed E-state index contributed by atoms with van der Waals surface area (Å²) >= 11 is 7.88. The summed E-state index contributed by atoms with van der Waals surface area (Å²) in [5.74, 6) is 0.0999. The second-order valence-electron chi connectivity index (χ2n) is 6.72. The largest absolute Gasteiger partial charge is 0.384 e. The van der Waals surface area contributed by atoms with Crippen molar-refractivity contribution in [3.05, 3.63) is 73.8 Å². The average Bonchev–Trinajstić information content (AvgIpc) is 3.18. The Morgan fingerprint density at radius 1 is 1.30 bits per heavy atom. The smallest absolute Gasteiger partial charge is 0.161 e. The topological polar surface area (TPSA) is 70.1 Å². The van der Waals surface area contributed by atoms with Crippen LogP contribution in [-0.2, 0) is 4.79 Å². The van der Waals surface area contributed by atoms with Crippen LogP contribution in [0.15, 0.2) is 58.4 Å². The average molecular weight is 396 g/mol. The van der Waals surface area contributed by atoms with Crippen molar-refractivity contribution in [1.82, 2.24) is 0 Å². The quantitative estimate of drug-likeness (QED) is 0.775. The maximum absolute atomic E-state index is 13.0. The fraction of sp³-hybridized carbons (Fsp3) is 0.238. The number of carbonyl (C=O) groups is 1. The Morgan fingerprint density at radius 2 is 2.11 bits per heavy atom. The molecular weight excluding hydrogens is 378 g/mol. The molecule has 2 aliphatic rings. The first-order valence-corrected chi connectivity index (χ1v) is 10.0. The van der Waals surface area contributed by atoms with Crippen molar-refractivity contribution in [3.8, 4) is 6.07 Å². The number of Topliss-reactive ketones (excluding diaryl/α,β-unsaturated/α-hetero) is 1. The Labute approximate surface area is 167 Å². The molecule has 1 aromatic heterocycles. The van der Waals surface area contributed by atoms with Crippen LogP contribution in [0.2, 0.25) is 5.02 Å². The van der Waals surface area contributed by atoms with Gasteiger partial charge in [-0.25, -0.2) is 0 Å². The van der Waals surface area contributed by atoms with Gasteiger partial charge in [-0.05, 0) is 48.9 Å². The van der Waals surface area contributed by atoms with Crippen LogP contribution in [0.5, 0.6) is 0 Å². The molecule has 0 unspecified atom stereocenters. The van der Waals surface area contributed by atoms with E-state index in [4.69, 9.17) is 17.3 Å². The van der Waals surface area contributed by atoms with E-state index in [2.05, 4.69) is 6.07 Å². The Morgan fingerprint density at radius 3 is 2.81 bits per heavy atom. The van der Waals surface area contributed by atoms with Gasteiger partial charge in [-0.3, -0.25) is 9.69 Å². The van der Waals surface area contributed by atoms with E-state index in [9.17, 15) is 10.1 Å². The fourth-order valence-corrected chi connectivity index (χ4v) is 4.95. The number of anilines is 1. The molecule has 0 saturated carbocycles. The van der Waals surface area contributed by atoms with Gasteiger partial charge >= 0.3 is 0 Å². The summed E-state index contributed by atoms with van der Waals surface area (Å²) in [6, 6.07) is 11.8. The van der Waals surface area contributed by atoms with Crippen molar-refractivity contribution < 1.29 is 4.79 Å². The number of rotatable bonds is 2. The predicted octanol–water partition coefficient (Wildman–Crippen LogP) is 5.01. The number of nitriles is 1. The molecule has 136 valence electrons. The highest BCUT2D eigenvalue weighted by Gasteiger charge is 2.41. The van der Waals surface area contributed by atoms with Gasteiger partial charge in [0.2, 0.25) is 0 Å². The number of thiophene rings is 1. The summed E-state index contributed by atoms with van der Waals surface area (Å²) in [6.07, 6.45) is 2.02. The van der Waals surface area contributed by atoms with Crippen molar-refractivity contribution in [3.63, 3.8) is 0 Å². The Balaban J connectivity index is 2.01. The summed E-state index contributed by atoms with van der Waals surface area (Å²) in [5, 5.41) is 12.5. The molecule has 2 N–H and O–H groups in total. The molecule has 4 nitrogen and oxygen atoms in total. The minimum atomic E-state index is -0.381. The van der Waals surface area contributed by atoms with Gasteiger partial charge in [-0.15, -0.1) is 11.3 Å². The Hall–Kier alpha value is -2.55. The van der Waals surface area contributed by atoms with E-state index in [0.717, 1.165) is 34.7 Å². The van der Waals surface area contributed by atoms with Gasteiger partial charge in [-0.2, -0.15) is 5.26 Å². The van der Waals surface area contributed by atoms with Gasteiger partial charge in [0.05, 0.1) is 23.2 Å². The molecule has 6 heteroatoms. The third-order valence-electron chi connectivity index (χ3n) is 5.22. The summed E-state index contributed by atoms with van der Waals surface area (Å²) < 4.78 is 0. The highest BCUT2D eigenvalue weighted by Crippen LogP contribution is 2.48. The van der Waals surface area contributed by atoms with Crippen LogP contribution in [-0.4, -0.2) is 5.78 Å². The van der Waals surface area contributed by atoms with E-state index in [1.54, 1.807) is 11.3 Å². The third-order valence-corrected chi connectivity index (χ3v) is 6.57. The van der Waals surface area contributed by atoms with E-state index in [-0.39, 0.29) is 11.7 Å². The van der Waals surface area contributed by atoms with E-state index in [0.29, 0.717) is 28.4 Å². The predicted molar refractivity (Wildman–Crippen MR) is 108 cm³/mol. The lowest BCUT2D eigenvalue weighted by Gasteiger charge is -2.40. The van der Waals surface area contributed by atoms with Crippen LogP contribution in [0.1, 0.15) is 35.6 Å². The number of nitrogens with zero attached hydrogens (tertiary/aromatic N) is 2. The van der Waals surface area contributed by atoms with Gasteiger partial charge in [0, 0.05) is 27.6 Å². The van der Waals surface area contributed by atoms with Gasteiger partial charge in [0.15, 0.2) is 5.78 Å². The molecule has 0 bridgehead atoms. The van der Waals surface area contributed by atoms with Crippen LogP contribution in [0.3, 0.4) is 0 Å². The molecule has 27 heavy (non-hydrogen) atoms. The third kappa shape index (κ3) is 2.77. The van der Waals surface area contributed by atoms with Crippen LogP contribution >= 0.6 is 22.9 Å². The second-order valence-corrected chi connectivity index (χ2v) is 8.10. The molecule has 2 aromatic rings. The number of allylic oxidation sites excluding steroid dienone is 3. The maximum Gasteiger partial charge on any atom is 0.161 e. The van der Waals surface area contributed by atoms with Crippen molar-refractivity contribution in [1.29, 1.82) is 5.26 Å². The van der Waals surface area contributed by atoms with Crippen molar-refractivity contribution in [2.45, 2.75) is 32.1 Å². The lowest BCUT2D eigenvalue weighted by molar-refractivity contribution is -0.116. The lowest BCUT2D eigenvalue weighted by atomic mass is 9.78. The lowest BCUT2D eigenvalue weighted by Crippen LogP contribution is -2.38. The number of hydrogen-bond donors (Lipinski definition) is 1. The molecule has 4 rings (SSSR count). The zero-order valence-electron chi connectivity index (χ0n) is 14.8. The normalized spacial score (nSPS) is 20.0. The van der Waals surface area contributed by atoms with Crippen LogP contribution < -0.4 is 10.6 Å². The number of carbonyl (C=O) groups excluding carboxylic acids is 1. The first-order chi connectivity index (χ1) is 13.0. The molecule has 0 fully saturated rings. The molecule has 1 aromatic carbocycles. The number of hydrogen-bond acceptors (Lipinski definition) is 5. The first-order valence-electron chi connectivity index (χ1n) is 8.79. The fourth-order valence-electron chi connectivity index (χ4n) is 3.94. The van der Waals surface area contributed by atoms with Gasteiger partial charge < -0.3 is 5.73 Å². The number of halogens is 1. The summed E-state index contributed by atoms with van der Waals surface area (Å²) in [5.41, 5.74) is 10.2. The molecule has 1 atom stereocenters. The maximum atomic E-state index is 13.0. The van der Waals surface area contributed by atoms with E-state index >= 15 is 0 Å². The standard InChI is InChI=1S/C21H18ClN3OS/c1-12-14(22)5-2-6-15(12)25-16-7-3-8-17(26)20(16)19(13(11-23)21(25)24)18-9-4-10-27-18/h2,4-6,9-10,19H,3,7-8,24H2,1H3/t19-/m1/s1. The second kappa shape index (κ2) is 6.88. The molecule has 0 spiro atoms. The van der Waals surface area contributed by atoms with Gasteiger partial charge in [0.25, 0.3) is 0 Å². The minimum absolute atomic E-state index is 0.0968. The molecular formula is C21H18ClN3OS. The number of ketones is 1. The molecule has 0 saturated heterocycles. The Kier molecular flexibility index (Phi) is 4.55. The van der Waals surface area contributed by atoms with Crippen molar-refractivity contribution in [2.75, 3.05) is 4.90 Å². The minimum Gasteiger partial charge on any atom is -0.384 e. The zero-order valence-corrected chi connectivity index (χ0v) is 16.4. The molecule has 1 aliphatic heterocycles. The first kappa shape index (κ1) is 17.8. The summed E-state index contributed by atoms with van der Waals surface area (Å²) in [6.45, 7) is 1.92. The monoisotopic (exact) mass is 395 g/mol. The van der Waals surface area contributed by atoms with E-state index < -0.39 is 0 Å². The summed E-state index contributed by atoms with van der Waals surface area (Å²) in [4.78, 5) is 15.8. The molecule has 0 radical (unpaired) electrons. The molecule has 1 aliphatic carbocycles. The number of nitrogens with two attached hydrogens (primary N) is 1. The van der Waals surface area contributed by atoms with E-state index in [1.165, 1.54) is 0 Å². The van der Waals surface area contributed by atoms with Crippen molar-refractivity contribution in [2.24, 2.45) is 5.73 Å². The van der Waals surface area contributed by atoms with E-state index in [1.807, 2.05) is 47.5 Å². The van der Waals surface area contributed by atoms with Gasteiger partial charge in [0.1, 0.15) is 5.82 Å². The van der Waals surface area contributed by atoms with Crippen LogP contribution in [0.25, 0.3) is 0 Å². The Bertz CT molecular complexity index is 1030. The molecule has 0 amide bonds. The highest BCUT2D eigenvalue weighted by molar-refractivity contribution is 7.10. The zero-order chi connectivity index (χ0) is 19.1. The van der Waals surface area contributed by atoms with Gasteiger partial charge in [-0.1, -0.05) is 23.7 Å². The van der Waals surface area contributed by atoms with Crippen molar-refractivity contribution >= 4 is 34.4 Å².